The maximum Gasteiger partial charge on any atom is 0.243 e. The summed E-state index contributed by atoms with van der Waals surface area (Å²) in [4.78, 5) is 11.7. The molecule has 0 saturated carbocycles. The number of nitrogens with one attached hydrogen (secondary N) is 2. The molecule has 2 aromatic rings. The van der Waals surface area contributed by atoms with Crippen molar-refractivity contribution in [3.05, 3.63) is 58.1 Å². The first kappa shape index (κ1) is 15.5. The van der Waals surface area contributed by atoms with Gasteiger partial charge in [0.1, 0.15) is 5.82 Å². The van der Waals surface area contributed by atoms with E-state index < -0.39 is 17.5 Å². The minimum atomic E-state index is -0.652. The van der Waals surface area contributed by atoms with Gasteiger partial charge in [-0.1, -0.05) is 29.3 Å². The predicted octanol–water partition coefficient (Wildman–Crippen LogP) is 4.32. The summed E-state index contributed by atoms with van der Waals surface area (Å²) in [5.74, 6) is -1.81. The van der Waals surface area contributed by atoms with Gasteiger partial charge < -0.3 is 10.6 Å². The summed E-state index contributed by atoms with van der Waals surface area (Å²) in [6.45, 7) is -0.247. The molecule has 0 bridgehead atoms. The molecule has 0 spiro atoms. The van der Waals surface area contributed by atoms with Crippen molar-refractivity contribution in [2.75, 3.05) is 17.2 Å². The monoisotopic (exact) mass is 330 g/mol. The van der Waals surface area contributed by atoms with Gasteiger partial charge in [-0.25, -0.2) is 8.78 Å². The Balaban J connectivity index is 1.99. The van der Waals surface area contributed by atoms with E-state index in [1.54, 1.807) is 6.07 Å². The molecule has 1 amide bonds. The minimum absolute atomic E-state index is 0.0409. The Morgan fingerprint density at radius 3 is 2.62 bits per heavy atom. The zero-order valence-corrected chi connectivity index (χ0v) is 12.1. The van der Waals surface area contributed by atoms with E-state index in [1.165, 1.54) is 24.3 Å². The Labute approximate surface area is 129 Å². The van der Waals surface area contributed by atoms with Gasteiger partial charge in [-0.2, -0.15) is 0 Å². The first-order valence-corrected chi connectivity index (χ1v) is 6.66. The number of halogens is 4. The number of amides is 1. The number of rotatable bonds is 4. The molecule has 0 aliphatic heterocycles. The lowest BCUT2D eigenvalue weighted by atomic mass is 10.3. The molecule has 3 nitrogen and oxygen atoms in total. The molecule has 0 aliphatic carbocycles. The molecule has 0 heterocycles. The number of anilines is 2. The predicted molar refractivity (Wildman–Crippen MR) is 79.9 cm³/mol. The van der Waals surface area contributed by atoms with E-state index >= 15 is 0 Å². The third-order valence-corrected chi connectivity index (χ3v) is 3.12. The smallest absolute Gasteiger partial charge is 0.243 e. The third kappa shape index (κ3) is 4.06. The Kier molecular flexibility index (Phi) is 4.98. The lowest BCUT2D eigenvalue weighted by molar-refractivity contribution is -0.114. The fraction of sp³-hybridized carbons (Fsp3) is 0.0714. The molecule has 21 heavy (non-hydrogen) atoms. The molecule has 0 atom stereocenters. The lowest BCUT2D eigenvalue weighted by Crippen LogP contribution is -2.22. The first-order valence-electron chi connectivity index (χ1n) is 5.90. The number of hydrogen-bond donors (Lipinski definition) is 2. The van der Waals surface area contributed by atoms with Crippen LogP contribution in [0.1, 0.15) is 0 Å². The van der Waals surface area contributed by atoms with Crippen LogP contribution in [0.15, 0.2) is 36.4 Å². The molecule has 0 fully saturated rings. The van der Waals surface area contributed by atoms with Crippen LogP contribution in [-0.2, 0) is 4.79 Å². The molecule has 0 aromatic heterocycles. The van der Waals surface area contributed by atoms with Crippen molar-refractivity contribution in [1.29, 1.82) is 0 Å². The van der Waals surface area contributed by atoms with Crippen molar-refractivity contribution in [2.24, 2.45) is 0 Å². The van der Waals surface area contributed by atoms with Crippen LogP contribution in [0, 0.1) is 11.6 Å². The lowest BCUT2D eigenvalue weighted by Gasteiger charge is -2.10. The zero-order valence-electron chi connectivity index (χ0n) is 10.6. The minimum Gasteiger partial charge on any atom is -0.374 e. The second-order valence-electron chi connectivity index (χ2n) is 4.13. The van der Waals surface area contributed by atoms with E-state index in [4.69, 9.17) is 23.2 Å². The van der Waals surface area contributed by atoms with Crippen LogP contribution >= 0.6 is 23.2 Å². The van der Waals surface area contributed by atoms with Crippen LogP contribution in [0.4, 0.5) is 20.2 Å². The molecule has 7 heteroatoms. The third-order valence-electron chi connectivity index (χ3n) is 2.59. The maximum atomic E-state index is 13.6. The molecule has 0 radical (unpaired) electrons. The standard InChI is InChI=1S/C14H10Cl2F2N2O/c15-8-4-5-10(17)12(6-8)20-13(21)7-19-11-3-1-2-9(16)14(11)18/h1-6,19H,7H2,(H,20,21). The first-order chi connectivity index (χ1) is 9.97. The van der Waals surface area contributed by atoms with Crippen molar-refractivity contribution < 1.29 is 13.6 Å². The Hall–Kier alpha value is -1.85. The van der Waals surface area contributed by atoms with Crippen molar-refractivity contribution in [2.45, 2.75) is 0 Å². The van der Waals surface area contributed by atoms with Crippen LogP contribution in [0.3, 0.4) is 0 Å². The molecular weight excluding hydrogens is 321 g/mol. The van der Waals surface area contributed by atoms with Gasteiger partial charge in [-0.3, -0.25) is 4.79 Å². The SMILES string of the molecule is O=C(CNc1cccc(Cl)c1F)Nc1cc(Cl)ccc1F. The summed E-state index contributed by atoms with van der Waals surface area (Å²) in [5, 5.41) is 5.16. The van der Waals surface area contributed by atoms with Gasteiger partial charge in [0, 0.05) is 5.02 Å². The fourth-order valence-corrected chi connectivity index (χ4v) is 1.95. The molecular formula is C14H10Cl2F2N2O. The highest BCUT2D eigenvalue weighted by Crippen LogP contribution is 2.22. The summed E-state index contributed by atoms with van der Waals surface area (Å²) in [6, 6.07) is 8.17. The zero-order chi connectivity index (χ0) is 15.4. The summed E-state index contributed by atoms with van der Waals surface area (Å²) < 4.78 is 27.0. The van der Waals surface area contributed by atoms with Crippen molar-refractivity contribution in [3.8, 4) is 0 Å². The summed E-state index contributed by atoms with van der Waals surface area (Å²) >= 11 is 11.3. The Bertz CT molecular complexity index is 680. The molecule has 110 valence electrons. The van der Waals surface area contributed by atoms with Crippen LogP contribution in [-0.4, -0.2) is 12.5 Å². The Morgan fingerprint density at radius 1 is 1.10 bits per heavy atom. The highest BCUT2D eigenvalue weighted by molar-refractivity contribution is 6.31. The van der Waals surface area contributed by atoms with Gasteiger partial charge in [0.2, 0.25) is 5.91 Å². The summed E-state index contributed by atoms with van der Waals surface area (Å²) in [6.07, 6.45) is 0. The summed E-state index contributed by atoms with van der Waals surface area (Å²) in [5.41, 5.74) is 0.0464. The highest BCUT2D eigenvalue weighted by atomic mass is 35.5. The number of carbonyl (C=O) groups excluding carboxylic acids is 1. The van der Waals surface area contributed by atoms with E-state index in [0.717, 1.165) is 6.07 Å². The maximum absolute atomic E-state index is 13.6. The topological polar surface area (TPSA) is 41.1 Å². The Morgan fingerprint density at radius 2 is 1.86 bits per heavy atom. The number of hydrogen-bond acceptors (Lipinski definition) is 2. The quantitative estimate of drug-likeness (QED) is 0.876. The van der Waals surface area contributed by atoms with E-state index in [-0.39, 0.29) is 22.9 Å². The molecule has 2 rings (SSSR count). The van der Waals surface area contributed by atoms with Gasteiger partial charge in [0.05, 0.1) is 22.9 Å². The van der Waals surface area contributed by atoms with Crippen LogP contribution in [0.2, 0.25) is 10.0 Å². The van der Waals surface area contributed by atoms with Crippen LogP contribution < -0.4 is 10.6 Å². The van der Waals surface area contributed by atoms with Gasteiger partial charge in [-0.15, -0.1) is 0 Å². The average molecular weight is 331 g/mol. The number of benzene rings is 2. The second kappa shape index (κ2) is 6.74. The van der Waals surface area contributed by atoms with Crippen LogP contribution in [0.5, 0.6) is 0 Å². The molecule has 0 aliphatic rings. The van der Waals surface area contributed by atoms with Gasteiger partial charge in [0.15, 0.2) is 5.82 Å². The fourth-order valence-electron chi connectivity index (χ4n) is 1.60. The van der Waals surface area contributed by atoms with Gasteiger partial charge in [-0.05, 0) is 30.3 Å². The molecule has 0 saturated heterocycles. The highest BCUT2D eigenvalue weighted by Gasteiger charge is 2.10. The number of carbonyl (C=O) groups is 1. The summed E-state index contributed by atoms with van der Waals surface area (Å²) in [7, 11) is 0. The van der Waals surface area contributed by atoms with Crippen molar-refractivity contribution in [3.63, 3.8) is 0 Å². The molecule has 2 N–H and O–H groups in total. The van der Waals surface area contributed by atoms with Gasteiger partial charge >= 0.3 is 0 Å². The van der Waals surface area contributed by atoms with Gasteiger partial charge in [0.25, 0.3) is 0 Å². The molecule has 2 aromatic carbocycles. The second-order valence-corrected chi connectivity index (χ2v) is 4.97. The van der Waals surface area contributed by atoms with Crippen LogP contribution in [0.25, 0.3) is 0 Å². The van der Waals surface area contributed by atoms with E-state index in [9.17, 15) is 13.6 Å². The van der Waals surface area contributed by atoms with E-state index in [0.29, 0.717) is 5.02 Å². The largest absolute Gasteiger partial charge is 0.374 e. The normalized spacial score (nSPS) is 10.3. The molecule has 0 unspecified atom stereocenters. The van der Waals surface area contributed by atoms with Crippen molar-refractivity contribution in [1.82, 2.24) is 0 Å². The average Bonchev–Trinajstić information content (AvgIpc) is 2.44. The van der Waals surface area contributed by atoms with Crippen molar-refractivity contribution >= 4 is 40.5 Å². The van der Waals surface area contributed by atoms with E-state index in [1.807, 2.05) is 0 Å². The van der Waals surface area contributed by atoms with E-state index in [2.05, 4.69) is 10.6 Å².